The highest BCUT2D eigenvalue weighted by Gasteiger charge is 2.40. The molecule has 23 heavy (non-hydrogen) atoms. The summed E-state index contributed by atoms with van der Waals surface area (Å²) in [6, 6.07) is 2.65. The molecule has 124 valence electrons. The second-order valence-corrected chi connectivity index (χ2v) is 5.07. The molecule has 1 aliphatic rings. The Hall–Kier alpha value is -2.58. The van der Waals surface area contributed by atoms with Crippen molar-refractivity contribution in [3.05, 3.63) is 46.5 Å². The molecular weight excluding hydrogens is 315 g/mol. The fourth-order valence-electron chi connectivity index (χ4n) is 2.51. The van der Waals surface area contributed by atoms with Gasteiger partial charge in [0.05, 0.1) is 4.92 Å². The Kier molecular flexibility index (Phi) is 4.57. The molecule has 1 aliphatic heterocycles. The first-order valence-corrected chi connectivity index (χ1v) is 6.76. The maximum absolute atomic E-state index is 12.9. The number of alkyl halides is 3. The van der Waals surface area contributed by atoms with Gasteiger partial charge >= 0.3 is 11.9 Å². The molecule has 1 atom stereocenters. The SMILES string of the molecule is C=CC(=O)N1CC[C@H](Nc2cccc(C(F)(F)F)c2[N+](=O)[O-])C1. The highest BCUT2D eigenvalue weighted by Crippen LogP contribution is 2.40. The normalized spacial score (nSPS) is 17.9. The van der Waals surface area contributed by atoms with E-state index in [1.54, 1.807) is 0 Å². The summed E-state index contributed by atoms with van der Waals surface area (Å²) < 4.78 is 38.8. The van der Waals surface area contributed by atoms with E-state index in [0.717, 1.165) is 12.1 Å². The maximum atomic E-state index is 12.9. The third-order valence-corrected chi connectivity index (χ3v) is 3.56. The van der Waals surface area contributed by atoms with Crippen molar-refractivity contribution in [2.45, 2.75) is 18.6 Å². The zero-order chi connectivity index (χ0) is 17.2. The van der Waals surface area contributed by atoms with Gasteiger partial charge in [-0.15, -0.1) is 0 Å². The summed E-state index contributed by atoms with van der Waals surface area (Å²) in [7, 11) is 0. The summed E-state index contributed by atoms with van der Waals surface area (Å²) in [4.78, 5) is 23.0. The summed E-state index contributed by atoms with van der Waals surface area (Å²) >= 11 is 0. The number of nitrogens with zero attached hydrogens (tertiary/aromatic N) is 2. The maximum Gasteiger partial charge on any atom is 0.423 e. The molecule has 9 heteroatoms. The van der Waals surface area contributed by atoms with Gasteiger partial charge in [-0.25, -0.2) is 0 Å². The predicted octanol–water partition coefficient (Wildman–Crippen LogP) is 2.81. The van der Waals surface area contributed by atoms with E-state index in [2.05, 4.69) is 11.9 Å². The van der Waals surface area contributed by atoms with E-state index in [-0.39, 0.29) is 24.2 Å². The molecule has 1 saturated heterocycles. The number of nitro groups is 1. The van der Waals surface area contributed by atoms with Crippen molar-refractivity contribution in [3.8, 4) is 0 Å². The van der Waals surface area contributed by atoms with E-state index in [0.29, 0.717) is 19.0 Å². The van der Waals surface area contributed by atoms with Gasteiger partial charge in [-0.2, -0.15) is 13.2 Å². The molecule has 0 radical (unpaired) electrons. The van der Waals surface area contributed by atoms with Crippen LogP contribution >= 0.6 is 0 Å². The number of nitrogens with one attached hydrogen (secondary N) is 1. The van der Waals surface area contributed by atoms with E-state index in [1.807, 2.05) is 0 Å². The summed E-state index contributed by atoms with van der Waals surface area (Å²) in [5.74, 6) is -0.284. The topological polar surface area (TPSA) is 75.5 Å². The van der Waals surface area contributed by atoms with Crippen molar-refractivity contribution >= 4 is 17.3 Å². The molecule has 0 aliphatic carbocycles. The van der Waals surface area contributed by atoms with Gasteiger partial charge in [-0.3, -0.25) is 14.9 Å². The van der Waals surface area contributed by atoms with Crippen molar-refractivity contribution in [3.63, 3.8) is 0 Å². The van der Waals surface area contributed by atoms with Gasteiger partial charge in [0.25, 0.3) is 0 Å². The Morgan fingerprint density at radius 3 is 2.74 bits per heavy atom. The highest BCUT2D eigenvalue weighted by atomic mass is 19.4. The van der Waals surface area contributed by atoms with Gasteiger partial charge in [-0.05, 0) is 24.6 Å². The van der Waals surface area contributed by atoms with Crippen LogP contribution in [0, 0.1) is 10.1 Å². The standard InChI is InChI=1S/C14H14F3N3O3/c1-2-12(21)19-7-6-9(8-19)18-11-5-3-4-10(14(15,16)17)13(11)20(22)23/h2-5,9,18H,1,6-8H2/t9-/m0/s1. The molecule has 0 saturated carbocycles. The van der Waals surface area contributed by atoms with E-state index in [9.17, 15) is 28.1 Å². The number of carbonyl (C=O) groups excluding carboxylic acids is 1. The molecule has 1 heterocycles. The Labute approximate surface area is 129 Å². The molecule has 1 amide bonds. The van der Waals surface area contributed by atoms with Crippen molar-refractivity contribution in [1.29, 1.82) is 0 Å². The number of hydrogen-bond donors (Lipinski definition) is 1. The first-order chi connectivity index (χ1) is 10.7. The van der Waals surface area contributed by atoms with E-state index < -0.39 is 22.4 Å². The minimum absolute atomic E-state index is 0.206. The van der Waals surface area contributed by atoms with E-state index in [4.69, 9.17) is 0 Å². The number of amides is 1. The van der Waals surface area contributed by atoms with Crippen molar-refractivity contribution in [2.24, 2.45) is 0 Å². The number of nitro benzene ring substituents is 1. The Balaban J connectivity index is 2.26. The number of halogens is 3. The Morgan fingerprint density at radius 2 is 2.17 bits per heavy atom. The van der Waals surface area contributed by atoms with Crippen molar-refractivity contribution in [2.75, 3.05) is 18.4 Å². The smallest absolute Gasteiger partial charge is 0.375 e. The summed E-state index contributed by atoms with van der Waals surface area (Å²) in [5, 5.41) is 13.8. The lowest BCUT2D eigenvalue weighted by Crippen LogP contribution is -2.30. The Morgan fingerprint density at radius 1 is 1.48 bits per heavy atom. The van der Waals surface area contributed by atoms with Crippen molar-refractivity contribution in [1.82, 2.24) is 4.90 Å². The highest BCUT2D eigenvalue weighted by molar-refractivity contribution is 5.87. The van der Waals surface area contributed by atoms with E-state index in [1.165, 1.54) is 11.0 Å². The number of para-hydroxylation sites is 1. The van der Waals surface area contributed by atoms with Gasteiger partial charge in [0.1, 0.15) is 11.3 Å². The minimum Gasteiger partial charge on any atom is -0.375 e. The zero-order valence-electron chi connectivity index (χ0n) is 12.0. The lowest BCUT2D eigenvalue weighted by molar-refractivity contribution is -0.387. The molecule has 1 aromatic rings. The lowest BCUT2D eigenvalue weighted by atomic mass is 10.1. The van der Waals surface area contributed by atoms with Gasteiger partial charge < -0.3 is 10.2 Å². The molecule has 1 N–H and O–H groups in total. The van der Waals surface area contributed by atoms with Gasteiger partial charge in [0.2, 0.25) is 5.91 Å². The monoisotopic (exact) mass is 329 g/mol. The van der Waals surface area contributed by atoms with Crippen LogP contribution in [0.4, 0.5) is 24.5 Å². The van der Waals surface area contributed by atoms with Crippen LogP contribution < -0.4 is 5.32 Å². The minimum atomic E-state index is -4.82. The number of likely N-dealkylation sites (tertiary alicyclic amines) is 1. The molecule has 0 unspecified atom stereocenters. The zero-order valence-corrected chi connectivity index (χ0v) is 12.0. The Bertz CT molecular complexity index is 646. The average molecular weight is 329 g/mol. The molecule has 1 aromatic carbocycles. The second kappa shape index (κ2) is 6.27. The molecule has 1 fully saturated rings. The number of anilines is 1. The van der Waals surface area contributed by atoms with Crippen LogP contribution in [0.15, 0.2) is 30.9 Å². The fourth-order valence-corrected chi connectivity index (χ4v) is 2.51. The van der Waals surface area contributed by atoms with Crippen LogP contribution in [0.25, 0.3) is 0 Å². The third kappa shape index (κ3) is 3.61. The van der Waals surface area contributed by atoms with Crippen molar-refractivity contribution < 1.29 is 22.9 Å². The van der Waals surface area contributed by atoms with Gasteiger partial charge in [0.15, 0.2) is 0 Å². The number of carbonyl (C=O) groups is 1. The number of rotatable bonds is 4. The third-order valence-electron chi connectivity index (χ3n) is 3.56. The van der Waals surface area contributed by atoms with Gasteiger partial charge in [0, 0.05) is 19.1 Å². The largest absolute Gasteiger partial charge is 0.423 e. The first-order valence-electron chi connectivity index (χ1n) is 6.76. The van der Waals surface area contributed by atoms with Crippen LogP contribution in [0.3, 0.4) is 0 Å². The summed E-state index contributed by atoms with van der Waals surface area (Å²) in [6.07, 6.45) is -3.19. The first kappa shape index (κ1) is 16.8. The summed E-state index contributed by atoms with van der Waals surface area (Å²) in [5.41, 5.74) is -2.51. The number of benzene rings is 1. The van der Waals surface area contributed by atoms with Crippen LogP contribution in [-0.4, -0.2) is 34.9 Å². The molecule has 0 spiro atoms. The fraction of sp³-hybridized carbons (Fsp3) is 0.357. The molecular formula is C14H14F3N3O3. The molecule has 0 bridgehead atoms. The van der Waals surface area contributed by atoms with Crippen LogP contribution in [-0.2, 0) is 11.0 Å². The predicted molar refractivity (Wildman–Crippen MR) is 76.9 cm³/mol. The second-order valence-electron chi connectivity index (χ2n) is 5.07. The lowest BCUT2D eigenvalue weighted by Gasteiger charge is -2.17. The molecule has 0 aromatic heterocycles. The van der Waals surface area contributed by atoms with E-state index >= 15 is 0 Å². The van der Waals surface area contributed by atoms with Crippen LogP contribution in [0.2, 0.25) is 0 Å². The summed E-state index contributed by atoms with van der Waals surface area (Å²) in [6.45, 7) is 4.02. The van der Waals surface area contributed by atoms with Gasteiger partial charge in [-0.1, -0.05) is 12.6 Å². The molecule has 2 rings (SSSR count). The van der Waals surface area contributed by atoms with Crippen LogP contribution in [0.5, 0.6) is 0 Å². The average Bonchev–Trinajstić information content (AvgIpc) is 2.93. The number of hydrogen-bond acceptors (Lipinski definition) is 4. The molecule has 6 nitrogen and oxygen atoms in total. The van der Waals surface area contributed by atoms with Crippen LogP contribution in [0.1, 0.15) is 12.0 Å². The quantitative estimate of drug-likeness (QED) is 0.523.